The van der Waals surface area contributed by atoms with Gasteiger partial charge in [-0.2, -0.15) is 20.1 Å². The van der Waals surface area contributed by atoms with Crippen LogP contribution in [-0.2, 0) is 0 Å². The van der Waals surface area contributed by atoms with Crippen molar-refractivity contribution in [1.29, 1.82) is 0 Å². The van der Waals surface area contributed by atoms with Crippen molar-refractivity contribution in [1.82, 2.24) is 30.1 Å². The number of hydrogen-bond donors (Lipinski definition) is 1. The van der Waals surface area contributed by atoms with E-state index in [9.17, 15) is 4.79 Å². The fourth-order valence-corrected chi connectivity index (χ4v) is 3.56. The van der Waals surface area contributed by atoms with E-state index < -0.39 is 0 Å². The monoisotopic (exact) mass is 328 g/mol. The molecule has 0 aromatic carbocycles. The van der Waals surface area contributed by atoms with Crippen LogP contribution in [0.1, 0.15) is 29.4 Å². The van der Waals surface area contributed by atoms with E-state index in [4.69, 9.17) is 0 Å². The number of H-pyrrole nitrogens is 1. The Bertz CT molecular complexity index is 771. The molecule has 3 aromatic heterocycles. The van der Waals surface area contributed by atoms with E-state index in [1.807, 2.05) is 28.5 Å². The van der Waals surface area contributed by atoms with Crippen LogP contribution >= 0.6 is 11.3 Å². The maximum atomic E-state index is 12.6. The zero-order valence-corrected chi connectivity index (χ0v) is 13.2. The molecule has 1 amide bonds. The molecule has 0 bridgehead atoms. The number of nitrogens with zero attached hydrogens (tertiary/aromatic N) is 5. The fraction of sp³-hybridized carbons (Fsp3) is 0.333. The summed E-state index contributed by atoms with van der Waals surface area (Å²) in [4.78, 5) is 17.3. The molecule has 1 aliphatic rings. The Labute approximate surface area is 136 Å². The minimum atomic E-state index is -0.0177. The van der Waals surface area contributed by atoms with Crippen molar-refractivity contribution >= 4 is 17.2 Å². The van der Waals surface area contributed by atoms with Gasteiger partial charge >= 0.3 is 0 Å². The third-order valence-corrected chi connectivity index (χ3v) is 5.00. The number of thiophene rings is 1. The molecular weight excluding hydrogens is 312 g/mol. The zero-order chi connectivity index (χ0) is 15.6. The Kier molecular flexibility index (Phi) is 3.66. The number of amides is 1. The van der Waals surface area contributed by atoms with E-state index in [-0.39, 0.29) is 11.9 Å². The van der Waals surface area contributed by atoms with Gasteiger partial charge in [-0.1, -0.05) is 6.07 Å². The van der Waals surface area contributed by atoms with Gasteiger partial charge in [0.25, 0.3) is 5.91 Å². The standard InChI is InChI=1S/C15H16N6OS/c22-15(13-10-12(18-19-13)14-2-1-9-23-14)20-7-3-11(4-8-20)21-16-5-6-17-21/h1-2,5-6,9-11H,3-4,7-8H2,(H,18,19). The number of aromatic amines is 1. The molecule has 0 saturated carbocycles. The maximum Gasteiger partial charge on any atom is 0.274 e. The lowest BCUT2D eigenvalue weighted by molar-refractivity contribution is 0.0678. The molecule has 1 N–H and O–H groups in total. The highest BCUT2D eigenvalue weighted by molar-refractivity contribution is 7.13. The van der Waals surface area contributed by atoms with Crippen molar-refractivity contribution in [2.75, 3.05) is 13.1 Å². The largest absolute Gasteiger partial charge is 0.337 e. The second-order valence-electron chi connectivity index (χ2n) is 5.52. The predicted octanol–water partition coefficient (Wildman–Crippen LogP) is 2.21. The Morgan fingerprint density at radius 1 is 1.26 bits per heavy atom. The van der Waals surface area contributed by atoms with Gasteiger partial charge in [0.2, 0.25) is 0 Å². The molecular formula is C15H16N6OS. The number of aromatic nitrogens is 5. The Hall–Kier alpha value is -2.48. The minimum absolute atomic E-state index is 0.0177. The molecule has 0 radical (unpaired) electrons. The van der Waals surface area contributed by atoms with Crippen LogP contribution < -0.4 is 0 Å². The van der Waals surface area contributed by atoms with Gasteiger partial charge in [0.05, 0.1) is 29.0 Å². The van der Waals surface area contributed by atoms with Gasteiger partial charge in [0, 0.05) is 13.1 Å². The van der Waals surface area contributed by atoms with Crippen LogP contribution in [0.25, 0.3) is 10.6 Å². The number of carbonyl (C=O) groups excluding carboxylic acids is 1. The molecule has 0 aliphatic carbocycles. The molecule has 23 heavy (non-hydrogen) atoms. The smallest absolute Gasteiger partial charge is 0.274 e. The number of hydrogen-bond acceptors (Lipinski definition) is 5. The van der Waals surface area contributed by atoms with E-state index in [1.54, 1.807) is 28.5 Å². The van der Waals surface area contributed by atoms with Crippen molar-refractivity contribution in [3.8, 4) is 10.6 Å². The summed E-state index contributed by atoms with van der Waals surface area (Å²) in [7, 11) is 0. The molecule has 1 fully saturated rings. The molecule has 0 unspecified atom stereocenters. The lowest BCUT2D eigenvalue weighted by atomic mass is 10.1. The maximum absolute atomic E-state index is 12.6. The van der Waals surface area contributed by atoms with Gasteiger partial charge in [-0.25, -0.2) is 0 Å². The van der Waals surface area contributed by atoms with Crippen molar-refractivity contribution in [3.05, 3.63) is 41.7 Å². The van der Waals surface area contributed by atoms with Gasteiger partial charge in [-0.05, 0) is 30.4 Å². The first-order valence-electron chi connectivity index (χ1n) is 7.55. The second-order valence-corrected chi connectivity index (χ2v) is 6.46. The lowest BCUT2D eigenvalue weighted by Crippen LogP contribution is -2.39. The SMILES string of the molecule is O=C(c1cc(-c2cccs2)[nH]n1)N1CCC(n2nccn2)CC1. The van der Waals surface area contributed by atoms with Crippen molar-refractivity contribution < 1.29 is 4.79 Å². The molecule has 4 heterocycles. The first kappa shape index (κ1) is 14.1. The van der Waals surface area contributed by atoms with Crippen LogP contribution in [0.15, 0.2) is 36.0 Å². The van der Waals surface area contributed by atoms with Gasteiger partial charge in [-0.3, -0.25) is 9.89 Å². The van der Waals surface area contributed by atoms with E-state index in [0.29, 0.717) is 18.8 Å². The Morgan fingerprint density at radius 3 is 2.74 bits per heavy atom. The van der Waals surface area contributed by atoms with Crippen molar-refractivity contribution in [2.24, 2.45) is 0 Å². The van der Waals surface area contributed by atoms with Crippen LogP contribution in [0.3, 0.4) is 0 Å². The highest BCUT2D eigenvalue weighted by Crippen LogP contribution is 2.25. The quantitative estimate of drug-likeness (QED) is 0.799. The minimum Gasteiger partial charge on any atom is -0.337 e. The highest BCUT2D eigenvalue weighted by atomic mass is 32.1. The first-order chi connectivity index (χ1) is 11.3. The summed E-state index contributed by atoms with van der Waals surface area (Å²) in [6.07, 6.45) is 5.10. The summed E-state index contributed by atoms with van der Waals surface area (Å²) < 4.78 is 0. The van der Waals surface area contributed by atoms with Crippen LogP contribution in [0.2, 0.25) is 0 Å². The topological polar surface area (TPSA) is 79.7 Å². The third kappa shape index (κ3) is 2.77. The highest BCUT2D eigenvalue weighted by Gasteiger charge is 2.26. The number of rotatable bonds is 3. The number of nitrogens with one attached hydrogen (secondary N) is 1. The molecule has 0 spiro atoms. The number of likely N-dealkylation sites (tertiary alicyclic amines) is 1. The summed E-state index contributed by atoms with van der Waals surface area (Å²) in [6, 6.07) is 6.09. The lowest BCUT2D eigenvalue weighted by Gasteiger charge is -2.30. The van der Waals surface area contributed by atoms with Crippen LogP contribution in [0, 0.1) is 0 Å². The average Bonchev–Trinajstić information content (AvgIpc) is 3.36. The molecule has 0 atom stereocenters. The third-order valence-electron chi connectivity index (χ3n) is 4.10. The average molecular weight is 328 g/mol. The summed E-state index contributed by atoms with van der Waals surface area (Å²) in [6.45, 7) is 1.40. The van der Waals surface area contributed by atoms with Gasteiger partial charge in [0.1, 0.15) is 0 Å². The van der Waals surface area contributed by atoms with Crippen LogP contribution in [0.4, 0.5) is 0 Å². The van der Waals surface area contributed by atoms with Crippen molar-refractivity contribution in [3.63, 3.8) is 0 Å². The van der Waals surface area contributed by atoms with E-state index >= 15 is 0 Å². The molecule has 118 valence electrons. The molecule has 8 heteroatoms. The molecule has 7 nitrogen and oxygen atoms in total. The normalized spacial score (nSPS) is 15.9. The first-order valence-corrected chi connectivity index (χ1v) is 8.43. The summed E-state index contributed by atoms with van der Waals surface area (Å²) in [5.41, 5.74) is 1.36. The van der Waals surface area contributed by atoms with E-state index in [1.165, 1.54) is 0 Å². The molecule has 3 aromatic rings. The van der Waals surface area contributed by atoms with Crippen LogP contribution in [0.5, 0.6) is 0 Å². The summed E-state index contributed by atoms with van der Waals surface area (Å²) in [5, 5.41) is 17.5. The van der Waals surface area contributed by atoms with E-state index in [0.717, 1.165) is 23.4 Å². The molecule has 1 saturated heterocycles. The van der Waals surface area contributed by atoms with Gasteiger partial charge in [0.15, 0.2) is 5.69 Å². The van der Waals surface area contributed by atoms with Crippen molar-refractivity contribution in [2.45, 2.75) is 18.9 Å². The predicted molar refractivity (Wildman–Crippen MR) is 86.1 cm³/mol. The molecule has 1 aliphatic heterocycles. The van der Waals surface area contributed by atoms with Gasteiger partial charge in [-0.15, -0.1) is 11.3 Å². The Balaban J connectivity index is 1.42. The molecule has 4 rings (SSSR count). The number of carbonyl (C=O) groups is 1. The van der Waals surface area contributed by atoms with Gasteiger partial charge < -0.3 is 4.90 Å². The second kappa shape index (κ2) is 5.96. The summed E-state index contributed by atoms with van der Waals surface area (Å²) in [5.74, 6) is -0.0177. The number of piperidine rings is 1. The zero-order valence-electron chi connectivity index (χ0n) is 12.4. The summed E-state index contributed by atoms with van der Waals surface area (Å²) >= 11 is 1.62. The fourth-order valence-electron chi connectivity index (χ4n) is 2.87. The van der Waals surface area contributed by atoms with E-state index in [2.05, 4.69) is 20.4 Å². The van der Waals surface area contributed by atoms with Crippen LogP contribution in [-0.4, -0.2) is 49.1 Å². The Morgan fingerprint density at radius 2 is 2.04 bits per heavy atom.